The van der Waals surface area contributed by atoms with Gasteiger partial charge in [-0.1, -0.05) is 50.6 Å². The zero-order valence-electron chi connectivity index (χ0n) is 21.8. The molecule has 2 aromatic rings. The van der Waals surface area contributed by atoms with E-state index >= 15 is 8.78 Å². The van der Waals surface area contributed by atoms with Crippen LogP contribution in [0.2, 0.25) is 5.02 Å². The Morgan fingerprint density at radius 3 is 2.45 bits per heavy atom. The van der Waals surface area contributed by atoms with E-state index in [4.69, 9.17) is 11.6 Å². The SMILES string of the molecule is CC(C)(C)C[C@H]1N[C@@H](C(=O)CC2CC(C)(O)C2)[C@H](c2cccc(F)c2F)[C@@]12C(=O)Nc1c2ccc(Cl)c1F. The number of benzene rings is 2. The van der Waals surface area contributed by atoms with Gasteiger partial charge in [-0.2, -0.15) is 0 Å². The van der Waals surface area contributed by atoms with Gasteiger partial charge < -0.3 is 15.7 Å². The lowest BCUT2D eigenvalue weighted by atomic mass is 9.61. The summed E-state index contributed by atoms with van der Waals surface area (Å²) in [7, 11) is 0. The second-order valence-corrected chi connectivity index (χ2v) is 13.0. The molecule has 9 heteroatoms. The maximum absolute atomic E-state index is 15.5. The summed E-state index contributed by atoms with van der Waals surface area (Å²) in [4.78, 5) is 27.9. The minimum Gasteiger partial charge on any atom is -0.390 e. The number of carbonyl (C=O) groups excluding carboxylic acids is 2. The first kappa shape index (κ1) is 27.2. The molecule has 38 heavy (non-hydrogen) atoms. The number of carbonyl (C=O) groups is 2. The second kappa shape index (κ2) is 9.07. The van der Waals surface area contributed by atoms with Crippen molar-refractivity contribution in [3.8, 4) is 0 Å². The summed E-state index contributed by atoms with van der Waals surface area (Å²) >= 11 is 6.03. The molecule has 0 unspecified atom stereocenters. The molecule has 2 aliphatic heterocycles. The van der Waals surface area contributed by atoms with Gasteiger partial charge in [-0.05, 0) is 60.8 Å². The fourth-order valence-corrected chi connectivity index (χ4v) is 7.13. The summed E-state index contributed by atoms with van der Waals surface area (Å²) in [6.07, 6.45) is 1.41. The van der Waals surface area contributed by atoms with Gasteiger partial charge in [-0.15, -0.1) is 0 Å². The molecule has 4 atom stereocenters. The molecule has 3 aliphatic rings. The Hall–Kier alpha value is -2.42. The lowest BCUT2D eigenvalue weighted by molar-refractivity contribution is -0.126. The highest BCUT2D eigenvalue weighted by atomic mass is 35.5. The van der Waals surface area contributed by atoms with Crippen LogP contribution in [0.25, 0.3) is 0 Å². The van der Waals surface area contributed by atoms with Crippen LogP contribution in [0.3, 0.4) is 0 Å². The van der Waals surface area contributed by atoms with Crippen molar-refractivity contribution in [2.45, 2.75) is 82.4 Å². The maximum Gasteiger partial charge on any atom is 0.237 e. The van der Waals surface area contributed by atoms with Gasteiger partial charge in [0.15, 0.2) is 23.2 Å². The van der Waals surface area contributed by atoms with Crippen molar-refractivity contribution in [3.05, 3.63) is 63.9 Å². The van der Waals surface area contributed by atoms with Gasteiger partial charge in [0.1, 0.15) is 5.41 Å². The predicted molar refractivity (Wildman–Crippen MR) is 139 cm³/mol. The highest BCUT2D eigenvalue weighted by Gasteiger charge is 2.66. The molecule has 0 radical (unpaired) electrons. The summed E-state index contributed by atoms with van der Waals surface area (Å²) < 4.78 is 45.3. The number of hydrogen-bond donors (Lipinski definition) is 3. The average Bonchev–Trinajstić information content (AvgIpc) is 3.27. The number of ketones is 1. The molecule has 1 saturated heterocycles. The highest BCUT2D eigenvalue weighted by Crippen LogP contribution is 2.58. The normalized spacial score (nSPS) is 32.3. The number of amides is 1. The van der Waals surface area contributed by atoms with Crippen LogP contribution in [0.15, 0.2) is 30.3 Å². The number of fused-ring (bicyclic) bond motifs is 2. The van der Waals surface area contributed by atoms with E-state index in [0.717, 1.165) is 6.07 Å². The number of halogens is 4. The van der Waals surface area contributed by atoms with Crippen LogP contribution in [-0.2, 0) is 15.0 Å². The molecule has 204 valence electrons. The molecule has 3 N–H and O–H groups in total. The summed E-state index contributed by atoms with van der Waals surface area (Å²) in [6.45, 7) is 7.63. The smallest absolute Gasteiger partial charge is 0.237 e. The lowest BCUT2D eigenvalue weighted by Crippen LogP contribution is -2.49. The van der Waals surface area contributed by atoms with Crippen LogP contribution < -0.4 is 10.6 Å². The number of aliphatic hydroxyl groups is 1. The van der Waals surface area contributed by atoms with Crippen molar-refractivity contribution < 1.29 is 27.9 Å². The van der Waals surface area contributed by atoms with Crippen LogP contribution in [0.4, 0.5) is 18.9 Å². The number of Topliss-reactive ketones (excluding diaryl/α,β-unsaturated/α-hetero) is 1. The Bertz CT molecular complexity index is 1320. The van der Waals surface area contributed by atoms with E-state index < -0.39 is 52.4 Å². The lowest BCUT2D eigenvalue weighted by Gasteiger charge is -2.41. The maximum atomic E-state index is 15.5. The van der Waals surface area contributed by atoms with Gasteiger partial charge >= 0.3 is 0 Å². The molecule has 0 bridgehead atoms. The Labute approximate surface area is 225 Å². The van der Waals surface area contributed by atoms with Crippen molar-refractivity contribution >= 4 is 29.0 Å². The predicted octanol–water partition coefficient (Wildman–Crippen LogP) is 5.63. The molecular weight excluding hydrogens is 517 g/mol. The molecule has 2 aromatic carbocycles. The third-order valence-corrected chi connectivity index (χ3v) is 8.63. The van der Waals surface area contributed by atoms with E-state index in [9.17, 15) is 19.1 Å². The minimum absolute atomic E-state index is 0.0594. The summed E-state index contributed by atoms with van der Waals surface area (Å²) in [5.41, 5.74) is -2.73. The van der Waals surface area contributed by atoms with E-state index in [1.54, 1.807) is 6.92 Å². The van der Waals surface area contributed by atoms with E-state index in [0.29, 0.717) is 19.3 Å². The fraction of sp³-hybridized carbons (Fsp3) is 0.517. The Balaban J connectivity index is 1.71. The molecule has 1 saturated carbocycles. The Kier molecular flexibility index (Phi) is 6.48. The van der Waals surface area contributed by atoms with E-state index in [2.05, 4.69) is 10.6 Å². The molecule has 2 heterocycles. The number of rotatable bonds is 5. The standard InChI is InChI=1S/C29H32ClF3N2O3/c1-27(2,3)13-20-29(16-8-9-17(30)23(33)24(16)35-26(29)37)21(15-6-5-7-18(31)22(15)32)25(34-20)19(36)10-14-11-28(4,38)12-14/h5-9,14,20-21,25,34,38H,10-13H2,1-4H3,(H,35,37)/t14?,20-,21+,25+,28?,29+/m1/s1. The summed E-state index contributed by atoms with van der Waals surface area (Å²) in [5.74, 6) is -5.11. The van der Waals surface area contributed by atoms with Crippen molar-refractivity contribution in [3.63, 3.8) is 0 Å². The Morgan fingerprint density at radius 2 is 1.82 bits per heavy atom. The summed E-state index contributed by atoms with van der Waals surface area (Å²) in [5, 5.41) is 15.9. The highest BCUT2D eigenvalue weighted by molar-refractivity contribution is 6.31. The fourth-order valence-electron chi connectivity index (χ4n) is 6.97. The van der Waals surface area contributed by atoms with E-state index in [1.807, 2.05) is 20.8 Å². The minimum atomic E-state index is -1.60. The van der Waals surface area contributed by atoms with Crippen LogP contribution in [0.5, 0.6) is 0 Å². The molecule has 2 fully saturated rings. The topological polar surface area (TPSA) is 78.4 Å². The first-order chi connectivity index (χ1) is 17.7. The largest absolute Gasteiger partial charge is 0.390 e. The van der Waals surface area contributed by atoms with Crippen LogP contribution in [0.1, 0.15) is 70.4 Å². The molecule has 1 spiro atoms. The van der Waals surface area contributed by atoms with Gasteiger partial charge in [0, 0.05) is 18.4 Å². The molecular formula is C29H32ClF3N2O3. The van der Waals surface area contributed by atoms with Crippen LogP contribution in [-0.4, -0.2) is 34.5 Å². The molecule has 5 rings (SSSR count). The third kappa shape index (κ3) is 4.25. The quantitative estimate of drug-likeness (QED) is 0.453. The molecule has 1 aliphatic carbocycles. The van der Waals surface area contributed by atoms with Crippen molar-refractivity contribution in [2.24, 2.45) is 11.3 Å². The summed E-state index contributed by atoms with van der Waals surface area (Å²) in [6, 6.07) is 4.86. The molecule has 5 nitrogen and oxygen atoms in total. The van der Waals surface area contributed by atoms with Gasteiger partial charge in [0.25, 0.3) is 0 Å². The zero-order chi connectivity index (χ0) is 27.8. The monoisotopic (exact) mass is 548 g/mol. The molecule has 1 amide bonds. The van der Waals surface area contributed by atoms with Gasteiger partial charge in [-0.3, -0.25) is 9.59 Å². The second-order valence-electron chi connectivity index (χ2n) is 12.6. The number of hydrogen-bond acceptors (Lipinski definition) is 4. The first-order valence-corrected chi connectivity index (χ1v) is 13.3. The third-order valence-electron chi connectivity index (χ3n) is 8.34. The van der Waals surface area contributed by atoms with Crippen molar-refractivity contribution in [2.75, 3.05) is 5.32 Å². The average molecular weight is 549 g/mol. The van der Waals surface area contributed by atoms with Crippen LogP contribution in [0, 0.1) is 28.8 Å². The molecule has 0 aromatic heterocycles. The van der Waals surface area contributed by atoms with E-state index in [-0.39, 0.29) is 45.4 Å². The van der Waals surface area contributed by atoms with Crippen molar-refractivity contribution in [1.29, 1.82) is 0 Å². The van der Waals surface area contributed by atoms with Gasteiger partial charge in [-0.25, -0.2) is 13.2 Å². The van der Waals surface area contributed by atoms with Crippen LogP contribution >= 0.6 is 11.6 Å². The van der Waals surface area contributed by atoms with Gasteiger partial charge in [0.05, 0.1) is 22.4 Å². The number of nitrogens with one attached hydrogen (secondary N) is 2. The first-order valence-electron chi connectivity index (χ1n) is 12.9. The van der Waals surface area contributed by atoms with E-state index in [1.165, 1.54) is 24.3 Å². The van der Waals surface area contributed by atoms with Crippen molar-refractivity contribution in [1.82, 2.24) is 5.32 Å². The Morgan fingerprint density at radius 1 is 1.13 bits per heavy atom. The zero-order valence-corrected chi connectivity index (χ0v) is 22.6. The van der Waals surface area contributed by atoms with Gasteiger partial charge in [0.2, 0.25) is 5.91 Å². The number of anilines is 1.